The predicted octanol–water partition coefficient (Wildman–Crippen LogP) is 3.52. The van der Waals surface area contributed by atoms with Crippen molar-refractivity contribution in [3.8, 4) is 0 Å². The molecule has 2 nitrogen and oxygen atoms in total. The Morgan fingerprint density at radius 2 is 2.06 bits per heavy atom. The standard InChI is InChI=1S/C12H10ClNOS/c1-7-3-2-4-8(11(7)14)12(15)9-5-6-10(13)16-9/h2-6H,14H2,1H3. The highest BCUT2D eigenvalue weighted by molar-refractivity contribution is 7.18. The molecule has 1 aromatic carbocycles. The first kappa shape index (κ1) is 11.2. The lowest BCUT2D eigenvalue weighted by molar-refractivity contribution is 0.104. The zero-order valence-corrected chi connectivity index (χ0v) is 10.2. The summed E-state index contributed by atoms with van der Waals surface area (Å²) in [5, 5.41) is 0. The highest BCUT2D eigenvalue weighted by Gasteiger charge is 2.14. The average Bonchev–Trinajstić information content (AvgIpc) is 2.68. The monoisotopic (exact) mass is 251 g/mol. The van der Waals surface area contributed by atoms with Crippen molar-refractivity contribution in [2.45, 2.75) is 6.92 Å². The number of carbonyl (C=O) groups is 1. The molecular weight excluding hydrogens is 242 g/mol. The van der Waals surface area contributed by atoms with Crippen molar-refractivity contribution in [1.82, 2.24) is 0 Å². The first-order valence-corrected chi connectivity index (χ1v) is 5.94. The van der Waals surface area contributed by atoms with Crippen LogP contribution in [0.5, 0.6) is 0 Å². The van der Waals surface area contributed by atoms with Crippen LogP contribution in [0.4, 0.5) is 5.69 Å². The van der Waals surface area contributed by atoms with Gasteiger partial charge in [0.1, 0.15) is 0 Å². The fraction of sp³-hybridized carbons (Fsp3) is 0.0833. The van der Waals surface area contributed by atoms with Crippen molar-refractivity contribution in [3.05, 3.63) is 50.7 Å². The molecule has 1 heterocycles. The third-order valence-electron chi connectivity index (χ3n) is 2.37. The number of halogens is 1. The molecule has 0 fully saturated rings. The number of carbonyl (C=O) groups excluding carboxylic acids is 1. The first-order chi connectivity index (χ1) is 7.59. The summed E-state index contributed by atoms with van der Waals surface area (Å²) < 4.78 is 0.606. The number of ketones is 1. The summed E-state index contributed by atoms with van der Waals surface area (Å²) in [4.78, 5) is 12.7. The maximum Gasteiger partial charge on any atom is 0.205 e. The summed E-state index contributed by atoms with van der Waals surface area (Å²) in [6, 6.07) is 8.88. The molecule has 82 valence electrons. The van der Waals surface area contributed by atoms with Gasteiger partial charge in [-0.05, 0) is 30.7 Å². The van der Waals surface area contributed by atoms with Gasteiger partial charge < -0.3 is 5.73 Å². The normalized spacial score (nSPS) is 10.4. The van der Waals surface area contributed by atoms with Gasteiger partial charge in [-0.15, -0.1) is 11.3 Å². The van der Waals surface area contributed by atoms with Crippen molar-refractivity contribution in [2.75, 3.05) is 5.73 Å². The molecule has 0 atom stereocenters. The van der Waals surface area contributed by atoms with Crippen LogP contribution in [0.3, 0.4) is 0 Å². The van der Waals surface area contributed by atoms with E-state index in [1.54, 1.807) is 18.2 Å². The second-order valence-corrected chi connectivity index (χ2v) is 5.18. The van der Waals surface area contributed by atoms with Crippen molar-refractivity contribution in [1.29, 1.82) is 0 Å². The number of nitrogens with two attached hydrogens (primary N) is 1. The Labute approximate surface area is 103 Å². The zero-order chi connectivity index (χ0) is 11.7. The maximum atomic E-state index is 12.1. The van der Waals surface area contributed by atoms with Crippen LogP contribution in [0.15, 0.2) is 30.3 Å². The van der Waals surface area contributed by atoms with Gasteiger partial charge in [-0.3, -0.25) is 4.79 Å². The molecule has 0 saturated heterocycles. The summed E-state index contributed by atoms with van der Waals surface area (Å²) in [5.41, 5.74) is 7.87. The minimum atomic E-state index is -0.0712. The van der Waals surface area contributed by atoms with Crippen LogP contribution in [0, 0.1) is 6.92 Å². The Bertz CT molecular complexity index is 548. The number of nitrogen functional groups attached to an aromatic ring is 1. The summed E-state index contributed by atoms with van der Waals surface area (Å²) in [6.45, 7) is 1.88. The van der Waals surface area contributed by atoms with Gasteiger partial charge in [0, 0.05) is 11.3 Å². The van der Waals surface area contributed by atoms with E-state index >= 15 is 0 Å². The predicted molar refractivity (Wildman–Crippen MR) is 68.4 cm³/mol. The third kappa shape index (κ3) is 1.96. The van der Waals surface area contributed by atoms with Crippen LogP contribution < -0.4 is 5.73 Å². The number of anilines is 1. The molecule has 2 N–H and O–H groups in total. The molecule has 0 aliphatic heterocycles. The quantitative estimate of drug-likeness (QED) is 0.656. The minimum absolute atomic E-state index is 0.0712. The second kappa shape index (κ2) is 4.28. The van der Waals surface area contributed by atoms with E-state index in [-0.39, 0.29) is 5.78 Å². The summed E-state index contributed by atoms with van der Waals surface area (Å²) in [7, 11) is 0. The third-order valence-corrected chi connectivity index (χ3v) is 3.60. The van der Waals surface area contributed by atoms with Crippen LogP contribution in [0.25, 0.3) is 0 Å². The zero-order valence-electron chi connectivity index (χ0n) is 8.66. The molecular formula is C12H10ClNOS. The fourth-order valence-corrected chi connectivity index (χ4v) is 2.44. The van der Waals surface area contributed by atoms with E-state index in [4.69, 9.17) is 17.3 Å². The smallest absolute Gasteiger partial charge is 0.205 e. The topological polar surface area (TPSA) is 43.1 Å². The Balaban J connectivity index is 2.45. The minimum Gasteiger partial charge on any atom is -0.398 e. The molecule has 0 saturated carbocycles. The lowest BCUT2D eigenvalue weighted by Crippen LogP contribution is -2.04. The second-order valence-electron chi connectivity index (χ2n) is 3.47. The number of hydrogen-bond acceptors (Lipinski definition) is 3. The molecule has 1 aromatic heterocycles. The number of thiophene rings is 1. The van der Waals surface area contributed by atoms with Crippen LogP contribution in [-0.2, 0) is 0 Å². The fourth-order valence-electron chi connectivity index (χ4n) is 1.45. The molecule has 0 aliphatic rings. The van der Waals surface area contributed by atoms with Crippen LogP contribution in [-0.4, -0.2) is 5.78 Å². The Hall–Kier alpha value is -1.32. The largest absolute Gasteiger partial charge is 0.398 e. The van der Waals surface area contributed by atoms with Crippen molar-refractivity contribution < 1.29 is 4.79 Å². The Morgan fingerprint density at radius 3 is 2.69 bits per heavy atom. The van der Waals surface area contributed by atoms with E-state index in [1.165, 1.54) is 11.3 Å². The summed E-state index contributed by atoms with van der Waals surface area (Å²) in [5.74, 6) is -0.0712. The number of benzene rings is 1. The molecule has 2 rings (SSSR count). The summed E-state index contributed by atoms with van der Waals surface area (Å²) >= 11 is 7.06. The van der Waals surface area contributed by atoms with E-state index in [0.29, 0.717) is 20.5 Å². The van der Waals surface area contributed by atoms with Gasteiger partial charge in [0.2, 0.25) is 5.78 Å². The van der Waals surface area contributed by atoms with Crippen molar-refractivity contribution in [3.63, 3.8) is 0 Å². The molecule has 0 bridgehead atoms. The molecule has 0 radical (unpaired) electrons. The molecule has 0 unspecified atom stereocenters. The van der Waals surface area contributed by atoms with E-state index in [0.717, 1.165) is 5.56 Å². The number of aryl methyl sites for hydroxylation is 1. The number of hydrogen-bond donors (Lipinski definition) is 1. The SMILES string of the molecule is Cc1cccc(C(=O)c2ccc(Cl)s2)c1N. The van der Waals surface area contributed by atoms with Gasteiger partial charge in [0.15, 0.2) is 0 Å². The van der Waals surface area contributed by atoms with Crippen molar-refractivity contribution >= 4 is 34.4 Å². The van der Waals surface area contributed by atoms with Crippen LogP contribution in [0.1, 0.15) is 20.8 Å². The van der Waals surface area contributed by atoms with Gasteiger partial charge in [0.25, 0.3) is 0 Å². The lowest BCUT2D eigenvalue weighted by Gasteiger charge is -2.05. The Kier molecular flexibility index (Phi) is 2.99. The highest BCUT2D eigenvalue weighted by Crippen LogP contribution is 2.26. The number of para-hydroxylation sites is 1. The summed E-state index contributed by atoms with van der Waals surface area (Å²) in [6.07, 6.45) is 0. The molecule has 0 aliphatic carbocycles. The van der Waals surface area contributed by atoms with E-state index < -0.39 is 0 Å². The van der Waals surface area contributed by atoms with Gasteiger partial charge >= 0.3 is 0 Å². The van der Waals surface area contributed by atoms with Crippen LogP contribution >= 0.6 is 22.9 Å². The van der Waals surface area contributed by atoms with Crippen molar-refractivity contribution in [2.24, 2.45) is 0 Å². The van der Waals surface area contributed by atoms with E-state index in [2.05, 4.69) is 0 Å². The Morgan fingerprint density at radius 1 is 1.31 bits per heavy atom. The molecule has 16 heavy (non-hydrogen) atoms. The lowest BCUT2D eigenvalue weighted by atomic mass is 10.0. The molecule has 0 amide bonds. The first-order valence-electron chi connectivity index (χ1n) is 4.74. The van der Waals surface area contributed by atoms with Gasteiger partial charge in [-0.1, -0.05) is 23.7 Å². The van der Waals surface area contributed by atoms with Gasteiger partial charge in [-0.2, -0.15) is 0 Å². The molecule has 4 heteroatoms. The van der Waals surface area contributed by atoms with E-state index in [1.807, 2.05) is 19.1 Å². The number of rotatable bonds is 2. The highest BCUT2D eigenvalue weighted by atomic mass is 35.5. The van der Waals surface area contributed by atoms with E-state index in [9.17, 15) is 4.79 Å². The molecule has 2 aromatic rings. The van der Waals surface area contributed by atoms with Crippen LogP contribution in [0.2, 0.25) is 4.34 Å². The van der Waals surface area contributed by atoms with Gasteiger partial charge in [-0.25, -0.2) is 0 Å². The maximum absolute atomic E-state index is 12.1. The molecule has 0 spiro atoms. The average molecular weight is 252 g/mol. The van der Waals surface area contributed by atoms with Gasteiger partial charge in [0.05, 0.1) is 9.21 Å².